The molecule has 0 amide bonds. The number of piperidine rings is 1. The number of carbonyl (C=O) groups excluding carboxylic acids is 1. The minimum atomic E-state index is -4.53. The molecule has 11 heteroatoms. The van der Waals surface area contributed by atoms with Crippen LogP contribution < -0.4 is 10.6 Å². The fourth-order valence-electron chi connectivity index (χ4n) is 5.41. The van der Waals surface area contributed by atoms with Gasteiger partial charge in [-0.25, -0.2) is 14.6 Å². The molecule has 3 atom stereocenters. The molecule has 3 aromatic rings. The Hall–Kier alpha value is -3.50. The van der Waals surface area contributed by atoms with Crippen molar-refractivity contribution in [1.29, 1.82) is 0 Å². The van der Waals surface area contributed by atoms with Gasteiger partial charge in [-0.1, -0.05) is 11.3 Å². The molecule has 6 rings (SSSR count). The second-order valence-electron chi connectivity index (χ2n) is 9.79. The first-order valence-electron chi connectivity index (χ1n) is 11.7. The van der Waals surface area contributed by atoms with Gasteiger partial charge in [0.05, 0.1) is 18.3 Å². The summed E-state index contributed by atoms with van der Waals surface area (Å²) in [5.41, 5.74) is 7.05. The van der Waals surface area contributed by atoms with Crippen molar-refractivity contribution in [2.75, 3.05) is 23.7 Å². The van der Waals surface area contributed by atoms with Crippen LogP contribution in [0.4, 0.5) is 24.8 Å². The molecular weight excluding hydrogens is 459 g/mol. The number of fused-ring (bicyclic) bond motifs is 2. The Morgan fingerprint density at radius 2 is 2.00 bits per heavy atom. The zero-order chi connectivity index (χ0) is 24.3. The van der Waals surface area contributed by atoms with E-state index in [1.807, 2.05) is 11.0 Å². The molecule has 0 radical (unpaired) electrons. The number of ketones is 1. The third-order valence-corrected chi connectivity index (χ3v) is 7.37. The number of nitrogen functional groups attached to an aromatic ring is 1. The van der Waals surface area contributed by atoms with Crippen molar-refractivity contribution >= 4 is 17.4 Å². The molecule has 3 aromatic heterocycles. The number of pyridine rings is 2. The molecule has 3 aliphatic rings. The van der Waals surface area contributed by atoms with Gasteiger partial charge in [-0.2, -0.15) is 13.2 Å². The number of aryl methyl sites for hydroxylation is 1. The zero-order valence-corrected chi connectivity index (χ0v) is 18.9. The standard InChI is InChI=1S/C24H24F3N7O/c25-24(26,27)18-7-23(33-9-14-5-15(14)10-33)29-8-16(18)11-34-12-20(31-32-34)21(35)6-13-1-3-19-17(13)2-4-22(28)30-19/h2,4,7-8,12-15H,1,3,5-6,9-11H2,(H2,28,30)/t13-,14?,15?/m0/s1. The van der Waals surface area contributed by atoms with Gasteiger partial charge in [0.15, 0.2) is 5.78 Å². The van der Waals surface area contributed by atoms with Gasteiger partial charge in [-0.15, -0.1) is 5.10 Å². The van der Waals surface area contributed by atoms with Gasteiger partial charge in [0.1, 0.15) is 17.3 Å². The molecule has 0 bridgehead atoms. The predicted molar refractivity (Wildman–Crippen MR) is 121 cm³/mol. The van der Waals surface area contributed by atoms with Gasteiger partial charge in [0.25, 0.3) is 0 Å². The third kappa shape index (κ3) is 4.23. The van der Waals surface area contributed by atoms with Crippen molar-refractivity contribution in [3.05, 3.63) is 58.7 Å². The highest BCUT2D eigenvalue weighted by atomic mass is 19.4. The minimum Gasteiger partial charge on any atom is -0.384 e. The van der Waals surface area contributed by atoms with Crippen LogP contribution in [-0.2, 0) is 19.1 Å². The lowest BCUT2D eigenvalue weighted by atomic mass is 9.95. The van der Waals surface area contributed by atoms with E-state index < -0.39 is 11.7 Å². The first-order valence-corrected chi connectivity index (χ1v) is 11.7. The SMILES string of the molecule is Nc1ccc2c(n1)CC[C@H]2CC(=O)c1cn(Cc2cnc(N3CC4CC4C3)cc2C(F)(F)F)nn1. The first kappa shape index (κ1) is 22.0. The number of anilines is 2. The lowest BCUT2D eigenvalue weighted by Gasteiger charge is -2.21. The number of hydrogen-bond acceptors (Lipinski definition) is 7. The van der Waals surface area contributed by atoms with Gasteiger partial charge in [-0.05, 0) is 54.7 Å². The monoisotopic (exact) mass is 483 g/mol. The molecule has 182 valence electrons. The fourth-order valence-corrected chi connectivity index (χ4v) is 5.41. The normalized spacial score (nSPS) is 22.8. The molecule has 0 aromatic carbocycles. The van der Waals surface area contributed by atoms with Crippen molar-refractivity contribution in [3.63, 3.8) is 0 Å². The molecule has 4 heterocycles. The maximum atomic E-state index is 13.9. The molecule has 2 N–H and O–H groups in total. The average Bonchev–Trinajstić information content (AvgIpc) is 3.17. The van der Waals surface area contributed by atoms with Crippen LogP contribution in [0.5, 0.6) is 0 Å². The number of nitrogens with zero attached hydrogens (tertiary/aromatic N) is 6. The molecule has 0 spiro atoms. The molecule has 1 saturated heterocycles. The van der Waals surface area contributed by atoms with Gasteiger partial charge < -0.3 is 10.6 Å². The van der Waals surface area contributed by atoms with Gasteiger partial charge >= 0.3 is 6.18 Å². The molecule has 2 fully saturated rings. The largest absolute Gasteiger partial charge is 0.416 e. The van der Waals surface area contributed by atoms with Crippen LogP contribution in [-0.4, -0.2) is 43.8 Å². The summed E-state index contributed by atoms with van der Waals surface area (Å²) in [6.45, 7) is 1.35. The van der Waals surface area contributed by atoms with E-state index in [1.54, 1.807) is 6.07 Å². The fraction of sp³-hybridized carbons (Fsp3) is 0.458. The highest BCUT2D eigenvalue weighted by Crippen LogP contribution is 2.46. The summed E-state index contributed by atoms with van der Waals surface area (Å²) in [4.78, 5) is 23.4. The van der Waals surface area contributed by atoms with Crippen LogP contribution in [0.25, 0.3) is 0 Å². The number of rotatable bonds is 6. The number of carbonyl (C=O) groups is 1. The average molecular weight is 483 g/mol. The summed E-state index contributed by atoms with van der Waals surface area (Å²) in [6, 6.07) is 4.75. The van der Waals surface area contributed by atoms with Crippen molar-refractivity contribution in [2.45, 2.75) is 44.3 Å². The maximum absolute atomic E-state index is 13.9. The van der Waals surface area contributed by atoms with E-state index in [-0.39, 0.29) is 35.9 Å². The van der Waals surface area contributed by atoms with E-state index in [0.717, 1.165) is 49.7 Å². The maximum Gasteiger partial charge on any atom is 0.416 e. The van der Waals surface area contributed by atoms with E-state index >= 15 is 0 Å². The number of halogens is 3. The Bertz CT molecular complexity index is 1290. The Labute approximate surface area is 199 Å². The van der Waals surface area contributed by atoms with Crippen molar-refractivity contribution in [2.24, 2.45) is 11.8 Å². The number of nitrogens with two attached hydrogens (primary N) is 1. The lowest BCUT2D eigenvalue weighted by molar-refractivity contribution is -0.138. The van der Waals surface area contributed by atoms with Gasteiger partial charge in [0, 0.05) is 37.0 Å². The van der Waals surface area contributed by atoms with E-state index in [1.165, 1.54) is 17.1 Å². The zero-order valence-electron chi connectivity index (χ0n) is 18.9. The summed E-state index contributed by atoms with van der Waals surface area (Å²) in [5, 5.41) is 7.84. The predicted octanol–water partition coefficient (Wildman–Crippen LogP) is 3.48. The Morgan fingerprint density at radius 3 is 2.77 bits per heavy atom. The number of Topliss-reactive ketones (excluding diaryl/α,β-unsaturated/α-hetero) is 1. The number of hydrogen-bond donors (Lipinski definition) is 1. The van der Waals surface area contributed by atoms with Crippen molar-refractivity contribution in [1.82, 2.24) is 25.0 Å². The smallest absolute Gasteiger partial charge is 0.384 e. The van der Waals surface area contributed by atoms with E-state index in [9.17, 15) is 18.0 Å². The topological polar surface area (TPSA) is 103 Å². The second-order valence-corrected chi connectivity index (χ2v) is 9.79. The van der Waals surface area contributed by atoms with E-state index in [2.05, 4.69) is 20.3 Å². The highest BCUT2D eigenvalue weighted by Gasteiger charge is 2.46. The van der Waals surface area contributed by atoms with Crippen LogP contribution in [0.1, 0.15) is 58.1 Å². The van der Waals surface area contributed by atoms with Crippen molar-refractivity contribution < 1.29 is 18.0 Å². The van der Waals surface area contributed by atoms with Crippen LogP contribution in [0.2, 0.25) is 0 Å². The second kappa shape index (κ2) is 8.03. The molecule has 35 heavy (non-hydrogen) atoms. The third-order valence-electron chi connectivity index (χ3n) is 7.37. The van der Waals surface area contributed by atoms with Crippen molar-refractivity contribution in [3.8, 4) is 0 Å². The quantitative estimate of drug-likeness (QED) is 0.536. The minimum absolute atomic E-state index is 0.0112. The summed E-state index contributed by atoms with van der Waals surface area (Å²) in [5.74, 6) is 1.80. The van der Waals surface area contributed by atoms with E-state index in [4.69, 9.17) is 5.73 Å². The Kier molecular flexibility index (Phi) is 5.05. The van der Waals surface area contributed by atoms with Gasteiger partial charge in [-0.3, -0.25) is 4.79 Å². The summed E-state index contributed by atoms with van der Waals surface area (Å²) >= 11 is 0. The number of aromatic nitrogens is 5. The highest BCUT2D eigenvalue weighted by molar-refractivity contribution is 5.94. The van der Waals surface area contributed by atoms with Crippen LogP contribution in [0.15, 0.2) is 30.6 Å². The first-order chi connectivity index (χ1) is 16.7. The molecule has 8 nitrogen and oxygen atoms in total. The molecule has 1 aliphatic heterocycles. The number of alkyl halides is 3. The molecule has 2 aliphatic carbocycles. The molecule has 2 unspecified atom stereocenters. The van der Waals surface area contributed by atoms with Crippen LogP contribution >= 0.6 is 0 Å². The van der Waals surface area contributed by atoms with Crippen LogP contribution in [0.3, 0.4) is 0 Å². The van der Waals surface area contributed by atoms with E-state index in [0.29, 0.717) is 23.5 Å². The summed E-state index contributed by atoms with van der Waals surface area (Å²) < 4.78 is 42.8. The Morgan fingerprint density at radius 1 is 1.20 bits per heavy atom. The summed E-state index contributed by atoms with van der Waals surface area (Å²) in [7, 11) is 0. The lowest BCUT2D eigenvalue weighted by Crippen LogP contribution is -2.24. The molecular formula is C24H24F3N7O. The van der Waals surface area contributed by atoms with Crippen LogP contribution in [0, 0.1) is 11.8 Å². The van der Waals surface area contributed by atoms with Gasteiger partial charge in [0.2, 0.25) is 0 Å². The Balaban J connectivity index is 1.17. The molecule has 1 saturated carbocycles. The summed E-state index contributed by atoms with van der Waals surface area (Å²) in [6.07, 6.45) is 1.08.